The number of aryl methyl sites for hydroxylation is 1. The highest BCUT2D eigenvalue weighted by atomic mass is 16.6. The molecule has 100 valence electrons. The first-order chi connectivity index (χ1) is 9.27. The fourth-order valence-electron chi connectivity index (χ4n) is 5.82. The van der Waals surface area contributed by atoms with Gasteiger partial charge in [0, 0.05) is 0 Å². The van der Waals surface area contributed by atoms with Crippen LogP contribution in [0, 0.1) is 17.3 Å². The lowest BCUT2D eigenvalue weighted by Gasteiger charge is -2.49. The van der Waals surface area contributed by atoms with Gasteiger partial charge < -0.3 is 4.74 Å². The number of hydrogen-bond acceptors (Lipinski definition) is 1. The molecule has 0 unspecified atom stereocenters. The zero-order chi connectivity index (χ0) is 12.6. The average Bonchev–Trinajstić information content (AvgIpc) is 3.16. The number of hydrogen-bond donors (Lipinski definition) is 0. The highest BCUT2D eigenvalue weighted by molar-refractivity contribution is 5.35. The Morgan fingerprint density at radius 3 is 3.05 bits per heavy atom. The number of benzene rings is 1. The van der Waals surface area contributed by atoms with E-state index in [0.29, 0.717) is 17.6 Å². The highest BCUT2D eigenvalue weighted by Gasteiger charge is 2.66. The van der Waals surface area contributed by atoms with Crippen molar-refractivity contribution in [3.05, 3.63) is 35.4 Å². The molecule has 1 nitrogen and oxygen atoms in total. The van der Waals surface area contributed by atoms with E-state index in [2.05, 4.69) is 31.2 Å². The summed E-state index contributed by atoms with van der Waals surface area (Å²) in [5, 5.41) is 0. The number of fused-ring (bicyclic) bond motifs is 7. The number of epoxide rings is 1. The van der Waals surface area contributed by atoms with Crippen LogP contribution in [0.1, 0.15) is 49.7 Å². The van der Waals surface area contributed by atoms with E-state index in [4.69, 9.17) is 4.74 Å². The Bertz CT molecular complexity index is 536. The summed E-state index contributed by atoms with van der Waals surface area (Å²) in [6, 6.07) is 9.21. The molecule has 3 aliphatic carbocycles. The fraction of sp³-hybridized carbons (Fsp3) is 0.667. The van der Waals surface area contributed by atoms with E-state index < -0.39 is 0 Å². The largest absolute Gasteiger partial charge is 0.369 e. The second kappa shape index (κ2) is 3.44. The van der Waals surface area contributed by atoms with Crippen molar-refractivity contribution < 1.29 is 4.74 Å². The molecule has 1 heterocycles. The minimum absolute atomic E-state index is 0.512. The molecule has 5 rings (SSSR count). The van der Waals surface area contributed by atoms with Crippen molar-refractivity contribution in [1.82, 2.24) is 0 Å². The SMILES string of the molecule is C[C@]12CC[C@@H]3c4ccccc4CC[C@H]3[C@@H]1C[C@@H]1O[C@@H]12. The van der Waals surface area contributed by atoms with Gasteiger partial charge in [0.25, 0.3) is 0 Å². The molecule has 2 saturated carbocycles. The van der Waals surface area contributed by atoms with Crippen molar-refractivity contribution in [2.45, 2.75) is 57.2 Å². The third-order valence-electron chi connectivity index (χ3n) is 6.79. The Kier molecular flexibility index (Phi) is 1.97. The quantitative estimate of drug-likeness (QED) is 0.639. The van der Waals surface area contributed by atoms with Gasteiger partial charge in [-0.3, -0.25) is 0 Å². The zero-order valence-electron chi connectivity index (χ0n) is 11.6. The van der Waals surface area contributed by atoms with Crippen LogP contribution in [0.2, 0.25) is 0 Å². The molecule has 1 aliphatic heterocycles. The van der Waals surface area contributed by atoms with E-state index >= 15 is 0 Å². The monoisotopic (exact) mass is 254 g/mol. The standard InChI is InChI=1S/C18H22O/c1-18-9-8-13-12-5-3-2-4-11(12)6-7-14(13)15(18)10-16-17(18)19-16/h2-5,13-17H,6-10H2,1H3/t13-,14-,15+,16+,17+,18+/m1/s1. The molecule has 0 amide bonds. The lowest BCUT2D eigenvalue weighted by atomic mass is 9.55. The Balaban J connectivity index is 1.55. The van der Waals surface area contributed by atoms with E-state index in [-0.39, 0.29) is 0 Å². The summed E-state index contributed by atoms with van der Waals surface area (Å²) in [7, 11) is 0. The number of rotatable bonds is 0. The van der Waals surface area contributed by atoms with Crippen LogP contribution >= 0.6 is 0 Å². The van der Waals surface area contributed by atoms with Crippen molar-refractivity contribution in [2.75, 3.05) is 0 Å². The summed E-state index contributed by atoms with van der Waals surface area (Å²) >= 11 is 0. The van der Waals surface area contributed by atoms with E-state index in [0.717, 1.165) is 17.8 Å². The molecule has 1 heteroatoms. The Morgan fingerprint density at radius 2 is 2.11 bits per heavy atom. The summed E-state index contributed by atoms with van der Waals surface area (Å²) in [6.07, 6.45) is 8.10. The third-order valence-corrected chi connectivity index (χ3v) is 6.79. The maximum atomic E-state index is 5.87. The number of ether oxygens (including phenoxy) is 1. The van der Waals surface area contributed by atoms with Crippen LogP contribution in [0.5, 0.6) is 0 Å². The molecular weight excluding hydrogens is 232 g/mol. The van der Waals surface area contributed by atoms with Gasteiger partial charge >= 0.3 is 0 Å². The molecule has 4 aliphatic rings. The summed E-state index contributed by atoms with van der Waals surface area (Å²) in [4.78, 5) is 0. The molecule has 3 fully saturated rings. The highest BCUT2D eigenvalue weighted by Crippen LogP contribution is 2.66. The van der Waals surface area contributed by atoms with Crippen LogP contribution in [-0.4, -0.2) is 12.2 Å². The Hall–Kier alpha value is -0.820. The topological polar surface area (TPSA) is 12.5 Å². The molecule has 0 aromatic heterocycles. The summed E-state index contributed by atoms with van der Waals surface area (Å²) in [6.45, 7) is 2.52. The van der Waals surface area contributed by atoms with Gasteiger partial charge in [-0.05, 0) is 66.4 Å². The van der Waals surface area contributed by atoms with Crippen molar-refractivity contribution in [3.63, 3.8) is 0 Å². The molecule has 1 saturated heterocycles. The van der Waals surface area contributed by atoms with E-state index in [9.17, 15) is 0 Å². The van der Waals surface area contributed by atoms with Crippen LogP contribution in [0.15, 0.2) is 24.3 Å². The molecule has 1 aromatic rings. The van der Waals surface area contributed by atoms with Gasteiger partial charge in [0.15, 0.2) is 0 Å². The van der Waals surface area contributed by atoms with Crippen LogP contribution in [0.3, 0.4) is 0 Å². The van der Waals surface area contributed by atoms with Gasteiger partial charge in [-0.1, -0.05) is 31.2 Å². The van der Waals surface area contributed by atoms with E-state index in [1.165, 1.54) is 32.1 Å². The lowest BCUT2D eigenvalue weighted by Crippen LogP contribution is -2.42. The van der Waals surface area contributed by atoms with Crippen molar-refractivity contribution in [2.24, 2.45) is 17.3 Å². The fourth-order valence-corrected chi connectivity index (χ4v) is 5.82. The molecule has 0 spiro atoms. The van der Waals surface area contributed by atoms with Gasteiger partial charge in [0.1, 0.15) is 0 Å². The molecular formula is C18H22O. The molecule has 6 atom stereocenters. The summed E-state index contributed by atoms with van der Waals surface area (Å²) < 4.78 is 5.87. The maximum absolute atomic E-state index is 5.87. The van der Waals surface area contributed by atoms with Crippen LogP contribution in [-0.2, 0) is 11.2 Å². The predicted molar refractivity (Wildman–Crippen MR) is 75.1 cm³/mol. The first-order valence-electron chi connectivity index (χ1n) is 8.00. The molecule has 0 bridgehead atoms. The smallest absolute Gasteiger partial charge is 0.0898 e. The van der Waals surface area contributed by atoms with Crippen LogP contribution in [0.4, 0.5) is 0 Å². The second-order valence-corrected chi connectivity index (χ2v) is 7.49. The summed E-state index contributed by atoms with van der Waals surface area (Å²) in [5.74, 6) is 2.72. The third kappa shape index (κ3) is 1.30. The van der Waals surface area contributed by atoms with E-state index in [1.54, 1.807) is 11.1 Å². The van der Waals surface area contributed by atoms with E-state index in [1.807, 2.05) is 0 Å². The molecule has 0 N–H and O–H groups in total. The van der Waals surface area contributed by atoms with Crippen molar-refractivity contribution in [1.29, 1.82) is 0 Å². The Labute approximate surface area is 115 Å². The van der Waals surface area contributed by atoms with Crippen LogP contribution < -0.4 is 0 Å². The van der Waals surface area contributed by atoms with Crippen LogP contribution in [0.25, 0.3) is 0 Å². The predicted octanol–water partition coefficient (Wildman–Crippen LogP) is 3.92. The van der Waals surface area contributed by atoms with Gasteiger partial charge in [-0.2, -0.15) is 0 Å². The Morgan fingerprint density at radius 1 is 1.21 bits per heavy atom. The van der Waals surface area contributed by atoms with Crippen molar-refractivity contribution in [3.8, 4) is 0 Å². The minimum Gasteiger partial charge on any atom is -0.369 e. The van der Waals surface area contributed by atoms with Gasteiger partial charge in [-0.15, -0.1) is 0 Å². The first-order valence-corrected chi connectivity index (χ1v) is 8.00. The van der Waals surface area contributed by atoms with Crippen molar-refractivity contribution >= 4 is 0 Å². The maximum Gasteiger partial charge on any atom is 0.0898 e. The van der Waals surface area contributed by atoms with Gasteiger partial charge in [0.2, 0.25) is 0 Å². The molecule has 0 radical (unpaired) electrons. The average molecular weight is 254 g/mol. The normalized spacial score (nSPS) is 49.8. The first kappa shape index (κ1) is 10.9. The molecule has 19 heavy (non-hydrogen) atoms. The van der Waals surface area contributed by atoms with Gasteiger partial charge in [0.05, 0.1) is 12.2 Å². The minimum atomic E-state index is 0.512. The molecule has 1 aromatic carbocycles. The second-order valence-electron chi connectivity index (χ2n) is 7.49. The van der Waals surface area contributed by atoms with Gasteiger partial charge in [-0.25, -0.2) is 0 Å². The lowest BCUT2D eigenvalue weighted by molar-refractivity contribution is 0.00421. The summed E-state index contributed by atoms with van der Waals surface area (Å²) in [5.41, 5.74) is 3.83. The zero-order valence-corrected chi connectivity index (χ0v) is 11.6.